The third-order valence-corrected chi connectivity index (χ3v) is 4.84. The SMILES string of the molecule is Cc1cc(Br)c(F)cc1NS(=O)(=O)c1c(N)cccc1F. The average Bonchev–Trinajstić information content (AvgIpc) is 2.35. The minimum atomic E-state index is -4.26. The second kappa shape index (κ2) is 5.61. The summed E-state index contributed by atoms with van der Waals surface area (Å²) in [5.41, 5.74) is 5.77. The van der Waals surface area contributed by atoms with Crippen molar-refractivity contribution in [3.8, 4) is 0 Å². The number of hydrogen-bond donors (Lipinski definition) is 2. The van der Waals surface area contributed by atoms with Crippen LogP contribution in [0.5, 0.6) is 0 Å². The highest BCUT2D eigenvalue weighted by Crippen LogP contribution is 2.28. The topological polar surface area (TPSA) is 72.2 Å². The molecular weight excluding hydrogens is 366 g/mol. The Morgan fingerprint density at radius 1 is 1.19 bits per heavy atom. The number of sulfonamides is 1. The Labute approximate surface area is 129 Å². The Bertz CT molecular complexity index is 790. The lowest BCUT2D eigenvalue weighted by molar-refractivity contribution is 0.571. The van der Waals surface area contributed by atoms with Gasteiger partial charge in [-0.05, 0) is 52.7 Å². The summed E-state index contributed by atoms with van der Waals surface area (Å²) in [6.07, 6.45) is 0. The first-order valence-corrected chi connectivity index (χ1v) is 8.02. The van der Waals surface area contributed by atoms with E-state index in [1.54, 1.807) is 6.92 Å². The molecule has 0 aliphatic rings. The van der Waals surface area contributed by atoms with E-state index in [4.69, 9.17) is 5.73 Å². The molecule has 4 nitrogen and oxygen atoms in total. The minimum absolute atomic E-state index is 0.0124. The van der Waals surface area contributed by atoms with Gasteiger partial charge in [-0.2, -0.15) is 0 Å². The number of nitrogen functional groups attached to an aromatic ring is 1. The second-order valence-electron chi connectivity index (χ2n) is 4.34. The van der Waals surface area contributed by atoms with Crippen LogP contribution < -0.4 is 10.5 Å². The molecule has 0 unspecified atom stereocenters. The lowest BCUT2D eigenvalue weighted by Crippen LogP contribution is -2.17. The van der Waals surface area contributed by atoms with Crippen LogP contribution in [0.3, 0.4) is 0 Å². The maximum absolute atomic E-state index is 13.7. The third kappa shape index (κ3) is 3.16. The van der Waals surface area contributed by atoms with E-state index >= 15 is 0 Å². The zero-order chi connectivity index (χ0) is 15.8. The number of hydrogen-bond acceptors (Lipinski definition) is 3. The molecule has 0 fully saturated rings. The number of nitrogens with two attached hydrogens (primary N) is 1. The summed E-state index contributed by atoms with van der Waals surface area (Å²) in [5, 5.41) is 0. The lowest BCUT2D eigenvalue weighted by Gasteiger charge is -2.13. The number of rotatable bonds is 3. The molecule has 2 aromatic rings. The van der Waals surface area contributed by atoms with Crippen LogP contribution in [0.15, 0.2) is 39.7 Å². The van der Waals surface area contributed by atoms with Gasteiger partial charge in [0.25, 0.3) is 10.0 Å². The fourth-order valence-electron chi connectivity index (χ4n) is 1.76. The fourth-order valence-corrected chi connectivity index (χ4v) is 3.53. The molecule has 2 rings (SSSR count). The molecule has 2 aromatic carbocycles. The summed E-state index contributed by atoms with van der Waals surface area (Å²) in [5.74, 6) is -1.61. The maximum Gasteiger partial charge on any atom is 0.266 e. The molecule has 0 saturated heterocycles. The largest absolute Gasteiger partial charge is 0.398 e. The maximum atomic E-state index is 13.7. The first kappa shape index (κ1) is 15.7. The molecular formula is C13H11BrF2N2O2S. The van der Waals surface area contributed by atoms with Crippen molar-refractivity contribution < 1.29 is 17.2 Å². The second-order valence-corrected chi connectivity index (χ2v) is 6.82. The van der Waals surface area contributed by atoms with Gasteiger partial charge < -0.3 is 5.73 Å². The van der Waals surface area contributed by atoms with Gasteiger partial charge in [-0.1, -0.05) is 6.07 Å². The lowest BCUT2D eigenvalue weighted by atomic mass is 10.2. The molecule has 112 valence electrons. The van der Waals surface area contributed by atoms with E-state index < -0.39 is 26.6 Å². The van der Waals surface area contributed by atoms with Crippen LogP contribution in [0.4, 0.5) is 20.2 Å². The van der Waals surface area contributed by atoms with Crippen LogP contribution in [0.2, 0.25) is 0 Å². The van der Waals surface area contributed by atoms with Crippen molar-refractivity contribution in [2.45, 2.75) is 11.8 Å². The van der Waals surface area contributed by atoms with Crippen molar-refractivity contribution in [1.29, 1.82) is 0 Å². The third-order valence-electron chi connectivity index (χ3n) is 2.78. The number of nitrogens with one attached hydrogen (secondary N) is 1. The molecule has 0 saturated carbocycles. The molecule has 8 heteroatoms. The molecule has 0 bridgehead atoms. The van der Waals surface area contributed by atoms with Gasteiger partial charge in [-0.3, -0.25) is 4.72 Å². The van der Waals surface area contributed by atoms with Crippen LogP contribution in [-0.2, 0) is 10.0 Å². The molecule has 0 amide bonds. The Hall–Kier alpha value is -1.67. The van der Waals surface area contributed by atoms with E-state index in [1.807, 2.05) is 0 Å². The molecule has 21 heavy (non-hydrogen) atoms. The van der Waals surface area contributed by atoms with Gasteiger partial charge in [0.1, 0.15) is 16.5 Å². The molecule has 3 N–H and O–H groups in total. The van der Waals surface area contributed by atoms with Gasteiger partial charge in [0.2, 0.25) is 0 Å². The summed E-state index contributed by atoms with van der Waals surface area (Å²) in [6.45, 7) is 1.59. The van der Waals surface area contributed by atoms with E-state index in [0.29, 0.717) is 5.56 Å². The predicted molar refractivity (Wildman–Crippen MR) is 80.5 cm³/mol. The number of halogens is 3. The summed E-state index contributed by atoms with van der Waals surface area (Å²) in [6, 6.07) is 5.98. The highest BCUT2D eigenvalue weighted by Gasteiger charge is 2.23. The minimum Gasteiger partial charge on any atom is -0.398 e. The normalized spacial score (nSPS) is 11.4. The van der Waals surface area contributed by atoms with Crippen LogP contribution in [0, 0.1) is 18.6 Å². The highest BCUT2D eigenvalue weighted by atomic mass is 79.9. The van der Waals surface area contributed by atoms with E-state index in [1.165, 1.54) is 18.2 Å². The molecule has 0 aliphatic heterocycles. The van der Waals surface area contributed by atoms with Gasteiger partial charge in [-0.15, -0.1) is 0 Å². The van der Waals surface area contributed by atoms with E-state index in [2.05, 4.69) is 20.7 Å². The average molecular weight is 377 g/mol. The van der Waals surface area contributed by atoms with Crippen molar-refractivity contribution >= 4 is 37.3 Å². The molecule has 0 aromatic heterocycles. The molecule has 0 spiro atoms. The van der Waals surface area contributed by atoms with Gasteiger partial charge in [0, 0.05) is 0 Å². The molecule has 0 radical (unpaired) electrons. The highest BCUT2D eigenvalue weighted by molar-refractivity contribution is 9.10. The summed E-state index contributed by atoms with van der Waals surface area (Å²) < 4.78 is 54.0. The van der Waals surface area contributed by atoms with Crippen molar-refractivity contribution in [3.05, 3.63) is 52.0 Å². The Balaban J connectivity index is 2.50. The van der Waals surface area contributed by atoms with Crippen LogP contribution in [-0.4, -0.2) is 8.42 Å². The van der Waals surface area contributed by atoms with Crippen molar-refractivity contribution in [2.24, 2.45) is 0 Å². The first-order chi connectivity index (χ1) is 9.72. The number of anilines is 2. The first-order valence-electron chi connectivity index (χ1n) is 5.75. The van der Waals surface area contributed by atoms with E-state index in [9.17, 15) is 17.2 Å². The van der Waals surface area contributed by atoms with Crippen LogP contribution in [0.1, 0.15) is 5.56 Å². The monoisotopic (exact) mass is 376 g/mol. The van der Waals surface area contributed by atoms with Crippen molar-refractivity contribution in [2.75, 3.05) is 10.5 Å². The Morgan fingerprint density at radius 2 is 1.86 bits per heavy atom. The Kier molecular flexibility index (Phi) is 4.20. The molecule has 0 heterocycles. The summed E-state index contributed by atoms with van der Waals surface area (Å²) >= 11 is 3.00. The molecule has 0 atom stereocenters. The van der Waals surface area contributed by atoms with Crippen LogP contribution >= 0.6 is 15.9 Å². The smallest absolute Gasteiger partial charge is 0.266 e. The van der Waals surface area contributed by atoms with Crippen molar-refractivity contribution in [3.63, 3.8) is 0 Å². The quantitative estimate of drug-likeness (QED) is 0.806. The van der Waals surface area contributed by atoms with Gasteiger partial charge in [-0.25, -0.2) is 17.2 Å². The number of aryl methyl sites for hydroxylation is 1. The number of benzene rings is 2. The Morgan fingerprint density at radius 3 is 2.48 bits per heavy atom. The molecule has 0 aliphatic carbocycles. The fraction of sp³-hybridized carbons (Fsp3) is 0.0769. The summed E-state index contributed by atoms with van der Waals surface area (Å²) in [7, 11) is -4.26. The van der Waals surface area contributed by atoms with Crippen molar-refractivity contribution in [1.82, 2.24) is 0 Å². The van der Waals surface area contributed by atoms with E-state index in [0.717, 1.165) is 12.1 Å². The van der Waals surface area contributed by atoms with Crippen LogP contribution in [0.25, 0.3) is 0 Å². The zero-order valence-electron chi connectivity index (χ0n) is 10.8. The van der Waals surface area contributed by atoms with Gasteiger partial charge in [0.15, 0.2) is 0 Å². The van der Waals surface area contributed by atoms with E-state index in [-0.39, 0.29) is 15.8 Å². The zero-order valence-corrected chi connectivity index (χ0v) is 13.2. The standard InChI is InChI=1S/C13H11BrF2N2O2S/c1-7-5-8(14)10(16)6-12(7)18-21(19,20)13-9(15)3-2-4-11(13)17/h2-6,18H,17H2,1H3. The summed E-state index contributed by atoms with van der Waals surface area (Å²) in [4.78, 5) is -0.660. The predicted octanol–water partition coefficient (Wildman–Crippen LogP) is 3.42. The van der Waals surface area contributed by atoms with Gasteiger partial charge >= 0.3 is 0 Å². The van der Waals surface area contributed by atoms with Gasteiger partial charge in [0.05, 0.1) is 15.8 Å².